The lowest BCUT2D eigenvalue weighted by atomic mass is 10.0. The van der Waals surface area contributed by atoms with Gasteiger partial charge >= 0.3 is 6.03 Å². The molecule has 0 aliphatic carbocycles. The highest BCUT2D eigenvalue weighted by molar-refractivity contribution is 7.99. The molecular weight excluding hydrogens is 424 g/mol. The van der Waals surface area contributed by atoms with E-state index in [2.05, 4.69) is 45.7 Å². The number of pyridine rings is 1. The first-order valence-corrected chi connectivity index (χ1v) is 11.3. The highest BCUT2D eigenvalue weighted by atomic mass is 32.2. The van der Waals surface area contributed by atoms with Crippen LogP contribution in [-0.2, 0) is 4.79 Å². The maximum Gasteiger partial charge on any atom is 0.321 e. The zero-order chi connectivity index (χ0) is 23.3. The van der Waals surface area contributed by atoms with Crippen molar-refractivity contribution in [2.24, 2.45) is 0 Å². The molecule has 0 aliphatic rings. The van der Waals surface area contributed by atoms with Crippen LogP contribution in [0.2, 0.25) is 0 Å². The third kappa shape index (κ3) is 5.94. The molecule has 3 rings (SSSR count). The number of benzene rings is 1. The third-order valence-electron chi connectivity index (χ3n) is 4.43. The Bertz CT molecular complexity index is 1090. The topological polar surface area (TPSA) is 102 Å². The summed E-state index contributed by atoms with van der Waals surface area (Å²) in [4.78, 5) is 28.5. The van der Waals surface area contributed by atoms with Crippen molar-refractivity contribution in [1.82, 2.24) is 30.4 Å². The molecule has 0 aliphatic heterocycles. The second-order valence-corrected chi connectivity index (χ2v) is 9.58. The van der Waals surface area contributed by atoms with Gasteiger partial charge in [0.2, 0.25) is 5.91 Å². The van der Waals surface area contributed by atoms with Gasteiger partial charge < -0.3 is 5.32 Å². The van der Waals surface area contributed by atoms with E-state index in [9.17, 15) is 9.59 Å². The summed E-state index contributed by atoms with van der Waals surface area (Å²) in [5.74, 6) is 0.524. The molecule has 3 aromatic rings. The normalized spacial score (nSPS) is 11.4. The zero-order valence-electron chi connectivity index (χ0n) is 18.9. The van der Waals surface area contributed by atoms with Gasteiger partial charge in [0.25, 0.3) is 0 Å². The molecule has 0 spiro atoms. The Labute approximate surface area is 192 Å². The van der Waals surface area contributed by atoms with Gasteiger partial charge in [0.15, 0.2) is 11.0 Å². The minimum absolute atomic E-state index is 0.0204. The number of carbonyl (C=O) groups excluding carboxylic acids is 2. The minimum Gasteiger partial charge on any atom is -0.333 e. The fourth-order valence-electron chi connectivity index (χ4n) is 3.11. The van der Waals surface area contributed by atoms with E-state index in [1.165, 1.54) is 11.8 Å². The maximum atomic E-state index is 12.4. The standard InChI is InChI=1S/C23H28N6O2S/c1-15(2)17-10-6-7-11-18(17)29-20(16-9-8-12-24-13-16)27-28-22(29)32-14-19(30)25-21(31)26-23(3,4)5/h6-13,15H,14H2,1-5H3,(H2,25,26,30,31). The number of nitrogens with one attached hydrogen (secondary N) is 2. The Morgan fingerprint density at radius 1 is 1.09 bits per heavy atom. The van der Waals surface area contributed by atoms with Gasteiger partial charge in [-0.3, -0.25) is 19.7 Å². The molecule has 2 N–H and O–H groups in total. The SMILES string of the molecule is CC(C)c1ccccc1-n1c(SCC(=O)NC(=O)NC(C)(C)C)nnc1-c1cccnc1. The molecule has 32 heavy (non-hydrogen) atoms. The Hall–Kier alpha value is -3.20. The number of nitrogens with zero attached hydrogens (tertiary/aromatic N) is 4. The van der Waals surface area contributed by atoms with Crippen LogP contribution in [0, 0.1) is 0 Å². The monoisotopic (exact) mass is 452 g/mol. The number of amides is 3. The van der Waals surface area contributed by atoms with Gasteiger partial charge in [0.1, 0.15) is 0 Å². The molecule has 168 valence electrons. The van der Waals surface area contributed by atoms with Crippen LogP contribution in [-0.4, -0.2) is 43.0 Å². The van der Waals surface area contributed by atoms with E-state index in [1.807, 2.05) is 55.7 Å². The van der Waals surface area contributed by atoms with Gasteiger partial charge in [-0.05, 0) is 50.5 Å². The van der Waals surface area contributed by atoms with Crippen molar-refractivity contribution >= 4 is 23.7 Å². The largest absolute Gasteiger partial charge is 0.333 e. The van der Waals surface area contributed by atoms with Gasteiger partial charge in [-0.15, -0.1) is 10.2 Å². The zero-order valence-corrected chi connectivity index (χ0v) is 19.7. The highest BCUT2D eigenvalue weighted by Crippen LogP contribution is 2.31. The molecular formula is C23H28N6O2S. The molecule has 8 nitrogen and oxygen atoms in total. The first-order valence-electron chi connectivity index (χ1n) is 10.4. The Kier molecular flexibility index (Phi) is 7.29. The number of imide groups is 1. The van der Waals surface area contributed by atoms with Crippen molar-refractivity contribution in [1.29, 1.82) is 0 Å². The lowest BCUT2D eigenvalue weighted by molar-refractivity contribution is -0.117. The number of carbonyl (C=O) groups is 2. The lowest BCUT2D eigenvalue weighted by Gasteiger charge is -2.20. The van der Waals surface area contributed by atoms with Crippen molar-refractivity contribution in [3.05, 3.63) is 54.4 Å². The van der Waals surface area contributed by atoms with Crippen molar-refractivity contribution in [2.75, 3.05) is 5.75 Å². The molecule has 3 amide bonds. The summed E-state index contributed by atoms with van der Waals surface area (Å²) in [5.41, 5.74) is 2.46. The number of hydrogen-bond acceptors (Lipinski definition) is 6. The predicted molar refractivity (Wildman–Crippen MR) is 126 cm³/mol. The molecule has 0 saturated heterocycles. The Morgan fingerprint density at radius 3 is 2.50 bits per heavy atom. The average molecular weight is 453 g/mol. The van der Waals surface area contributed by atoms with Gasteiger partial charge in [0.05, 0.1) is 11.4 Å². The summed E-state index contributed by atoms with van der Waals surface area (Å²) in [5, 5.41) is 14.4. The summed E-state index contributed by atoms with van der Waals surface area (Å²) in [6, 6.07) is 11.3. The van der Waals surface area contributed by atoms with E-state index in [4.69, 9.17) is 0 Å². The number of urea groups is 1. The summed E-state index contributed by atoms with van der Waals surface area (Å²) < 4.78 is 1.94. The van der Waals surface area contributed by atoms with Crippen molar-refractivity contribution in [3.8, 4) is 17.1 Å². The number of para-hydroxylation sites is 1. The average Bonchev–Trinajstić information content (AvgIpc) is 3.15. The fourth-order valence-corrected chi connectivity index (χ4v) is 3.85. The van der Waals surface area contributed by atoms with Gasteiger partial charge in [0, 0.05) is 23.5 Å². The number of rotatable bonds is 6. The van der Waals surface area contributed by atoms with Gasteiger partial charge in [-0.1, -0.05) is 43.8 Å². The molecule has 0 atom stereocenters. The van der Waals surface area contributed by atoms with Crippen LogP contribution in [0.25, 0.3) is 17.1 Å². The maximum absolute atomic E-state index is 12.4. The Balaban J connectivity index is 1.90. The van der Waals surface area contributed by atoms with Crippen LogP contribution in [0.3, 0.4) is 0 Å². The van der Waals surface area contributed by atoms with E-state index in [1.54, 1.807) is 12.4 Å². The van der Waals surface area contributed by atoms with Gasteiger partial charge in [-0.2, -0.15) is 0 Å². The Morgan fingerprint density at radius 2 is 1.84 bits per heavy atom. The molecule has 0 bridgehead atoms. The second kappa shape index (κ2) is 9.95. The number of thioether (sulfide) groups is 1. The van der Waals surface area contributed by atoms with E-state index >= 15 is 0 Å². The smallest absolute Gasteiger partial charge is 0.321 e. The van der Waals surface area contributed by atoms with Gasteiger partial charge in [-0.25, -0.2) is 4.79 Å². The molecule has 0 radical (unpaired) electrons. The molecule has 0 unspecified atom stereocenters. The second-order valence-electron chi connectivity index (χ2n) is 8.64. The highest BCUT2D eigenvalue weighted by Gasteiger charge is 2.21. The van der Waals surface area contributed by atoms with Crippen LogP contribution in [0.15, 0.2) is 53.9 Å². The van der Waals surface area contributed by atoms with E-state index in [-0.39, 0.29) is 11.7 Å². The lowest BCUT2D eigenvalue weighted by Crippen LogP contribution is -2.48. The summed E-state index contributed by atoms with van der Waals surface area (Å²) in [6.45, 7) is 9.79. The summed E-state index contributed by atoms with van der Waals surface area (Å²) >= 11 is 1.22. The summed E-state index contributed by atoms with van der Waals surface area (Å²) in [6.07, 6.45) is 3.44. The molecule has 0 fully saturated rings. The predicted octanol–water partition coefficient (Wildman–Crippen LogP) is 4.17. The van der Waals surface area contributed by atoms with Crippen LogP contribution >= 0.6 is 11.8 Å². The van der Waals surface area contributed by atoms with E-state index < -0.39 is 17.5 Å². The van der Waals surface area contributed by atoms with Crippen LogP contribution in [0.5, 0.6) is 0 Å². The van der Waals surface area contributed by atoms with Crippen molar-refractivity contribution in [2.45, 2.75) is 51.2 Å². The molecule has 1 aromatic carbocycles. The molecule has 2 heterocycles. The third-order valence-corrected chi connectivity index (χ3v) is 5.36. The molecule has 9 heteroatoms. The number of aromatic nitrogens is 4. The number of hydrogen-bond donors (Lipinski definition) is 2. The quantitative estimate of drug-likeness (QED) is 0.544. The first kappa shape index (κ1) is 23.5. The first-order chi connectivity index (χ1) is 15.2. The molecule has 2 aromatic heterocycles. The minimum atomic E-state index is -0.522. The van der Waals surface area contributed by atoms with Crippen LogP contribution in [0.4, 0.5) is 4.79 Å². The van der Waals surface area contributed by atoms with E-state index in [0.717, 1.165) is 16.8 Å². The fraction of sp³-hybridized carbons (Fsp3) is 0.348. The van der Waals surface area contributed by atoms with Crippen LogP contribution in [0.1, 0.15) is 46.1 Å². The van der Waals surface area contributed by atoms with Crippen molar-refractivity contribution < 1.29 is 9.59 Å². The van der Waals surface area contributed by atoms with Crippen molar-refractivity contribution in [3.63, 3.8) is 0 Å². The molecule has 0 saturated carbocycles. The van der Waals surface area contributed by atoms with Crippen LogP contribution < -0.4 is 10.6 Å². The van der Waals surface area contributed by atoms with E-state index in [0.29, 0.717) is 11.0 Å². The summed E-state index contributed by atoms with van der Waals surface area (Å²) in [7, 11) is 0.